The van der Waals surface area contributed by atoms with Crippen LogP contribution in [-0.4, -0.2) is 31.6 Å². The average molecular weight is 452 g/mol. The maximum Gasteiger partial charge on any atom is 0.336 e. The monoisotopic (exact) mass is 451 g/mol. The Hall–Kier alpha value is -4.32. The lowest BCUT2D eigenvalue weighted by Gasteiger charge is -2.08. The molecule has 1 aromatic heterocycles. The molecular weight excluding hydrogens is 426 g/mol. The highest BCUT2D eigenvalue weighted by molar-refractivity contribution is 5.96. The van der Waals surface area contributed by atoms with E-state index in [9.17, 15) is 14.7 Å². The van der Waals surface area contributed by atoms with Gasteiger partial charge in [0.25, 0.3) is 0 Å². The van der Waals surface area contributed by atoms with Gasteiger partial charge in [-0.25, -0.2) is 14.5 Å². The van der Waals surface area contributed by atoms with Crippen LogP contribution in [-0.2, 0) is 19.4 Å². The summed E-state index contributed by atoms with van der Waals surface area (Å²) in [5.41, 5.74) is 3.68. The van der Waals surface area contributed by atoms with Crippen molar-refractivity contribution in [2.45, 2.75) is 25.8 Å². The van der Waals surface area contributed by atoms with Crippen molar-refractivity contribution >= 4 is 11.8 Å². The normalized spacial score (nSPS) is 10.7. The molecule has 0 spiro atoms. The first kappa shape index (κ1) is 22.9. The van der Waals surface area contributed by atoms with Gasteiger partial charge in [-0.1, -0.05) is 78.9 Å². The number of rotatable bonds is 10. The van der Waals surface area contributed by atoms with Crippen molar-refractivity contribution in [1.29, 1.82) is 0 Å². The van der Waals surface area contributed by atoms with Crippen LogP contribution in [0.3, 0.4) is 0 Å². The Morgan fingerprint density at radius 3 is 2.32 bits per heavy atom. The van der Waals surface area contributed by atoms with Crippen molar-refractivity contribution in [3.05, 3.63) is 120 Å². The number of aryl methyl sites for hydroxylation is 1. The van der Waals surface area contributed by atoms with Gasteiger partial charge in [0.1, 0.15) is 5.82 Å². The summed E-state index contributed by atoms with van der Waals surface area (Å²) in [7, 11) is 0. The van der Waals surface area contributed by atoms with Crippen LogP contribution in [0.5, 0.6) is 0 Å². The van der Waals surface area contributed by atoms with Gasteiger partial charge in [-0.15, -0.1) is 11.7 Å². The second kappa shape index (κ2) is 10.5. The van der Waals surface area contributed by atoms with Crippen molar-refractivity contribution in [3.8, 4) is 11.1 Å². The van der Waals surface area contributed by atoms with Crippen LogP contribution in [0, 0.1) is 0 Å². The zero-order valence-electron chi connectivity index (χ0n) is 18.7. The molecule has 6 heteroatoms. The summed E-state index contributed by atoms with van der Waals surface area (Å²) < 4.78 is 1.77. The standard InChI is InChI=1S/C28H25N3O3/c1-2-3-17-31-26(29-27(30-31)25(32)18-20-9-5-4-6-10-20)19-21-13-15-22(16-14-21)23-11-7-8-12-24(23)28(33)34/h2,4-16H,1,3,17-19H2,(H,33,34). The van der Waals surface area contributed by atoms with Gasteiger partial charge in [0.05, 0.1) is 5.56 Å². The molecular formula is C28H25N3O3. The third-order valence-electron chi connectivity index (χ3n) is 5.53. The van der Waals surface area contributed by atoms with E-state index in [1.165, 1.54) is 0 Å². The summed E-state index contributed by atoms with van der Waals surface area (Å²) in [5.74, 6) is -0.153. The van der Waals surface area contributed by atoms with Crippen molar-refractivity contribution in [2.75, 3.05) is 0 Å². The molecule has 4 rings (SSSR count). The van der Waals surface area contributed by atoms with Gasteiger partial charge in [-0.2, -0.15) is 0 Å². The van der Waals surface area contributed by atoms with Crippen molar-refractivity contribution < 1.29 is 14.7 Å². The predicted octanol–water partition coefficient (Wildman–Crippen LogP) is 5.24. The molecule has 6 nitrogen and oxygen atoms in total. The molecule has 4 aromatic rings. The number of ketones is 1. The number of carboxylic acids is 1. The first-order valence-electron chi connectivity index (χ1n) is 11.1. The van der Waals surface area contributed by atoms with Crippen LogP contribution in [0.15, 0.2) is 91.5 Å². The summed E-state index contributed by atoms with van der Waals surface area (Å²) in [4.78, 5) is 28.9. The zero-order valence-corrected chi connectivity index (χ0v) is 18.7. The number of aromatic nitrogens is 3. The summed E-state index contributed by atoms with van der Waals surface area (Å²) in [6, 6.07) is 24.2. The molecule has 0 amide bonds. The maximum atomic E-state index is 12.8. The van der Waals surface area contributed by atoms with E-state index in [1.807, 2.05) is 66.7 Å². The lowest BCUT2D eigenvalue weighted by molar-refractivity contribution is 0.0697. The van der Waals surface area contributed by atoms with Gasteiger partial charge in [0, 0.05) is 19.4 Å². The highest BCUT2D eigenvalue weighted by atomic mass is 16.4. The summed E-state index contributed by atoms with van der Waals surface area (Å²) in [6.45, 7) is 4.37. The van der Waals surface area contributed by atoms with Crippen molar-refractivity contribution in [3.63, 3.8) is 0 Å². The van der Waals surface area contributed by atoms with Gasteiger partial charge in [-0.3, -0.25) is 4.79 Å². The number of nitrogens with zero attached hydrogens (tertiary/aromatic N) is 3. The molecule has 0 atom stereocenters. The van der Waals surface area contributed by atoms with Gasteiger partial charge >= 0.3 is 5.97 Å². The Kier molecular flexibility index (Phi) is 7.08. The molecule has 0 unspecified atom stereocenters. The van der Waals surface area contributed by atoms with E-state index >= 15 is 0 Å². The van der Waals surface area contributed by atoms with Crippen molar-refractivity contribution in [1.82, 2.24) is 14.8 Å². The number of allylic oxidation sites excluding steroid dienone is 1. The quantitative estimate of drug-likeness (QED) is 0.263. The Bertz CT molecular complexity index is 1310. The molecule has 0 aliphatic rings. The average Bonchev–Trinajstić information content (AvgIpc) is 3.26. The first-order chi connectivity index (χ1) is 16.5. The smallest absolute Gasteiger partial charge is 0.336 e. The van der Waals surface area contributed by atoms with Gasteiger partial charge in [-0.05, 0) is 34.7 Å². The van der Waals surface area contributed by atoms with Gasteiger partial charge < -0.3 is 5.11 Å². The van der Waals surface area contributed by atoms with E-state index in [1.54, 1.807) is 22.9 Å². The number of aromatic carboxylic acids is 1. The number of Topliss-reactive ketones (excluding diaryl/α,β-unsaturated/α-hetero) is 1. The maximum absolute atomic E-state index is 12.8. The van der Waals surface area contributed by atoms with E-state index in [4.69, 9.17) is 0 Å². The Labute approximate surface area is 198 Å². The second-order valence-corrected chi connectivity index (χ2v) is 7.96. The van der Waals surface area contributed by atoms with E-state index in [0.717, 1.165) is 16.7 Å². The molecule has 0 radical (unpaired) electrons. The number of carbonyl (C=O) groups excluding carboxylic acids is 1. The number of hydrogen-bond donors (Lipinski definition) is 1. The Morgan fingerprint density at radius 2 is 1.62 bits per heavy atom. The van der Waals surface area contributed by atoms with E-state index in [2.05, 4.69) is 16.7 Å². The topological polar surface area (TPSA) is 85.1 Å². The first-order valence-corrected chi connectivity index (χ1v) is 11.1. The minimum absolute atomic E-state index is 0.120. The number of carboxylic acid groups (broad SMARTS) is 1. The number of hydrogen-bond acceptors (Lipinski definition) is 4. The van der Waals surface area contributed by atoms with Gasteiger partial charge in [0.2, 0.25) is 11.6 Å². The van der Waals surface area contributed by atoms with Crippen LogP contribution in [0.4, 0.5) is 0 Å². The minimum atomic E-state index is -0.956. The zero-order chi connectivity index (χ0) is 23.9. The molecule has 1 N–H and O–H groups in total. The van der Waals surface area contributed by atoms with Crippen LogP contribution in [0.2, 0.25) is 0 Å². The number of carbonyl (C=O) groups is 2. The largest absolute Gasteiger partial charge is 0.478 e. The Morgan fingerprint density at radius 1 is 0.912 bits per heavy atom. The summed E-state index contributed by atoms with van der Waals surface area (Å²) in [6.07, 6.45) is 3.28. The SMILES string of the molecule is C=CCCn1nc(C(=O)Cc2ccccc2)nc1Cc1ccc(-c2ccccc2C(=O)O)cc1. The number of benzene rings is 3. The molecule has 0 aliphatic carbocycles. The molecule has 34 heavy (non-hydrogen) atoms. The molecule has 3 aromatic carbocycles. The third kappa shape index (κ3) is 5.35. The van der Waals surface area contributed by atoms with Crippen molar-refractivity contribution in [2.24, 2.45) is 0 Å². The highest BCUT2D eigenvalue weighted by Gasteiger charge is 2.17. The van der Waals surface area contributed by atoms with E-state index in [0.29, 0.717) is 30.8 Å². The lowest BCUT2D eigenvalue weighted by Crippen LogP contribution is -2.08. The summed E-state index contributed by atoms with van der Waals surface area (Å²) in [5, 5.41) is 13.9. The summed E-state index contributed by atoms with van der Waals surface area (Å²) >= 11 is 0. The molecule has 0 saturated carbocycles. The molecule has 170 valence electrons. The molecule has 0 fully saturated rings. The third-order valence-corrected chi connectivity index (χ3v) is 5.53. The molecule has 0 saturated heterocycles. The lowest BCUT2D eigenvalue weighted by atomic mass is 9.98. The second-order valence-electron chi connectivity index (χ2n) is 7.96. The van der Waals surface area contributed by atoms with Crippen LogP contribution in [0.25, 0.3) is 11.1 Å². The van der Waals surface area contributed by atoms with Crippen LogP contribution in [0.1, 0.15) is 44.3 Å². The highest BCUT2D eigenvalue weighted by Crippen LogP contribution is 2.24. The fourth-order valence-corrected chi connectivity index (χ4v) is 3.78. The molecule has 1 heterocycles. The van der Waals surface area contributed by atoms with Gasteiger partial charge in [0.15, 0.2) is 0 Å². The minimum Gasteiger partial charge on any atom is -0.478 e. The fourth-order valence-electron chi connectivity index (χ4n) is 3.78. The van der Waals surface area contributed by atoms with E-state index in [-0.39, 0.29) is 23.6 Å². The van der Waals surface area contributed by atoms with E-state index < -0.39 is 5.97 Å². The molecule has 0 bridgehead atoms. The fraction of sp³-hybridized carbons (Fsp3) is 0.143. The predicted molar refractivity (Wildman–Crippen MR) is 131 cm³/mol. The molecule has 0 aliphatic heterocycles. The van der Waals surface area contributed by atoms with Crippen LogP contribution < -0.4 is 0 Å². The van der Waals surface area contributed by atoms with Crippen LogP contribution >= 0.6 is 0 Å². The Balaban J connectivity index is 1.56.